The van der Waals surface area contributed by atoms with Crippen LogP contribution in [0.5, 0.6) is 0 Å². The van der Waals surface area contributed by atoms with E-state index in [0.717, 1.165) is 11.5 Å². The fourth-order valence-corrected chi connectivity index (χ4v) is 3.23. The van der Waals surface area contributed by atoms with Crippen LogP contribution in [0.1, 0.15) is 19.3 Å². The highest BCUT2D eigenvalue weighted by atomic mass is 32.2. The molecule has 0 bridgehead atoms. The lowest BCUT2D eigenvalue weighted by Crippen LogP contribution is -1.95. The summed E-state index contributed by atoms with van der Waals surface area (Å²) in [6.45, 7) is 0. The van der Waals surface area contributed by atoms with Crippen LogP contribution in [-0.2, 0) is 10.8 Å². The third-order valence-corrected chi connectivity index (χ3v) is 3.47. The Kier molecular flexibility index (Phi) is 1.22. The lowest BCUT2D eigenvalue weighted by atomic mass is 10.2. The van der Waals surface area contributed by atoms with Crippen molar-refractivity contribution in [3.05, 3.63) is 11.1 Å². The average Bonchev–Trinajstić information content (AvgIpc) is 2.22. The zero-order valence-electron chi connectivity index (χ0n) is 5.35. The maximum atomic E-state index is 10.9. The predicted octanol–water partition coefficient (Wildman–Crippen LogP) is 1.23. The highest BCUT2D eigenvalue weighted by molar-refractivity contribution is 7.85. The van der Waals surface area contributed by atoms with Gasteiger partial charge in [0.15, 0.2) is 0 Å². The van der Waals surface area contributed by atoms with Crippen LogP contribution in [0.25, 0.3) is 0 Å². The normalized spacial score (nSPS) is 27.6. The molecule has 0 fully saturated rings. The van der Waals surface area contributed by atoms with Crippen LogP contribution in [0, 0.1) is 0 Å². The molecule has 0 aromatic heterocycles. The molecule has 0 N–H and O–H groups in total. The van der Waals surface area contributed by atoms with Crippen molar-refractivity contribution in [2.75, 3.05) is 11.5 Å². The number of rotatable bonds is 0. The molecule has 2 heteroatoms. The summed E-state index contributed by atoms with van der Waals surface area (Å²) in [5.74, 6) is 1.80. The molecule has 1 heterocycles. The van der Waals surface area contributed by atoms with Gasteiger partial charge in [0.25, 0.3) is 0 Å². The highest BCUT2D eigenvalue weighted by Gasteiger charge is 2.23. The maximum absolute atomic E-state index is 10.9. The van der Waals surface area contributed by atoms with E-state index in [-0.39, 0.29) is 0 Å². The molecule has 2 aliphatic rings. The Balaban J connectivity index is 2.23. The quantitative estimate of drug-likeness (QED) is 0.465. The molecule has 1 aliphatic carbocycles. The molecular formula is C7H10OS. The molecule has 0 aromatic rings. The molecule has 0 aromatic carbocycles. The molecule has 0 saturated heterocycles. The average molecular weight is 142 g/mol. The van der Waals surface area contributed by atoms with E-state index in [4.69, 9.17) is 0 Å². The molecule has 9 heavy (non-hydrogen) atoms. The second-order valence-corrected chi connectivity index (χ2v) is 4.25. The van der Waals surface area contributed by atoms with Crippen molar-refractivity contribution in [3.8, 4) is 0 Å². The molecule has 0 radical (unpaired) electrons. The first-order valence-corrected chi connectivity index (χ1v) is 4.90. The summed E-state index contributed by atoms with van der Waals surface area (Å²) in [5, 5.41) is 0. The van der Waals surface area contributed by atoms with E-state index in [2.05, 4.69) is 0 Å². The highest BCUT2D eigenvalue weighted by Crippen LogP contribution is 2.31. The minimum atomic E-state index is -0.506. The first-order valence-electron chi connectivity index (χ1n) is 3.41. The van der Waals surface area contributed by atoms with E-state index >= 15 is 0 Å². The van der Waals surface area contributed by atoms with Gasteiger partial charge in [0, 0.05) is 22.3 Å². The lowest BCUT2D eigenvalue weighted by molar-refractivity contribution is 0.686. The smallest absolute Gasteiger partial charge is 0.0451 e. The van der Waals surface area contributed by atoms with Gasteiger partial charge in [-0.25, -0.2) is 0 Å². The van der Waals surface area contributed by atoms with E-state index in [0.29, 0.717) is 0 Å². The van der Waals surface area contributed by atoms with Gasteiger partial charge in [0.1, 0.15) is 0 Å². The van der Waals surface area contributed by atoms with Crippen molar-refractivity contribution >= 4 is 10.8 Å². The molecule has 2 rings (SSSR count). The van der Waals surface area contributed by atoms with Gasteiger partial charge in [-0.15, -0.1) is 0 Å². The van der Waals surface area contributed by atoms with E-state index in [9.17, 15) is 4.21 Å². The molecule has 0 saturated carbocycles. The Morgan fingerprint density at radius 2 is 1.67 bits per heavy atom. The Morgan fingerprint density at radius 1 is 1.11 bits per heavy atom. The van der Waals surface area contributed by atoms with Crippen LogP contribution in [0.2, 0.25) is 0 Å². The number of hydrogen-bond acceptors (Lipinski definition) is 1. The summed E-state index contributed by atoms with van der Waals surface area (Å²) in [6, 6.07) is 0. The summed E-state index contributed by atoms with van der Waals surface area (Å²) in [7, 11) is -0.506. The van der Waals surface area contributed by atoms with E-state index < -0.39 is 10.8 Å². The Labute approximate surface area is 57.6 Å². The minimum Gasteiger partial charge on any atom is -0.259 e. The number of hydrogen-bond donors (Lipinski definition) is 0. The summed E-state index contributed by atoms with van der Waals surface area (Å²) in [6.07, 6.45) is 3.80. The summed E-state index contributed by atoms with van der Waals surface area (Å²) < 4.78 is 10.9. The molecule has 0 atom stereocenters. The summed E-state index contributed by atoms with van der Waals surface area (Å²) >= 11 is 0. The summed E-state index contributed by atoms with van der Waals surface area (Å²) in [5.41, 5.74) is 3.04. The molecule has 50 valence electrons. The van der Waals surface area contributed by atoms with Crippen molar-refractivity contribution in [2.24, 2.45) is 0 Å². The van der Waals surface area contributed by atoms with Gasteiger partial charge >= 0.3 is 0 Å². The third kappa shape index (κ3) is 0.855. The Morgan fingerprint density at radius 3 is 2.22 bits per heavy atom. The van der Waals surface area contributed by atoms with Crippen molar-refractivity contribution in [1.82, 2.24) is 0 Å². The molecule has 1 aliphatic heterocycles. The van der Waals surface area contributed by atoms with Crippen LogP contribution in [-0.4, -0.2) is 15.7 Å². The second-order valence-electron chi connectivity index (χ2n) is 2.79. The van der Waals surface area contributed by atoms with Crippen molar-refractivity contribution in [1.29, 1.82) is 0 Å². The van der Waals surface area contributed by atoms with Gasteiger partial charge in [-0.2, -0.15) is 0 Å². The van der Waals surface area contributed by atoms with Crippen molar-refractivity contribution in [2.45, 2.75) is 19.3 Å². The molecule has 0 amide bonds. The van der Waals surface area contributed by atoms with Crippen LogP contribution >= 0.6 is 0 Å². The Hall–Kier alpha value is -0.110. The van der Waals surface area contributed by atoms with Crippen LogP contribution in [0.4, 0.5) is 0 Å². The fourth-order valence-electron chi connectivity index (χ4n) is 1.66. The Bertz CT molecular complexity index is 175. The van der Waals surface area contributed by atoms with Crippen molar-refractivity contribution in [3.63, 3.8) is 0 Å². The fraction of sp³-hybridized carbons (Fsp3) is 0.714. The van der Waals surface area contributed by atoms with Crippen LogP contribution in [0.15, 0.2) is 11.1 Å². The first kappa shape index (κ1) is 5.66. The van der Waals surface area contributed by atoms with E-state index in [1.807, 2.05) is 0 Å². The largest absolute Gasteiger partial charge is 0.259 e. The minimum absolute atomic E-state index is 0.506. The van der Waals surface area contributed by atoms with E-state index in [1.165, 1.54) is 30.4 Å². The van der Waals surface area contributed by atoms with Gasteiger partial charge in [0.05, 0.1) is 0 Å². The van der Waals surface area contributed by atoms with Crippen LogP contribution in [0.3, 0.4) is 0 Å². The van der Waals surface area contributed by atoms with E-state index in [1.54, 1.807) is 0 Å². The molecule has 1 nitrogen and oxygen atoms in total. The van der Waals surface area contributed by atoms with Gasteiger partial charge in [-0.1, -0.05) is 11.1 Å². The standard InChI is InChI=1S/C7H10OS/c8-9-4-6-2-1-3-7(6)5-9/h1-5H2. The zero-order valence-corrected chi connectivity index (χ0v) is 6.17. The maximum Gasteiger partial charge on any atom is 0.0451 e. The van der Waals surface area contributed by atoms with Gasteiger partial charge in [-0.3, -0.25) is 4.21 Å². The van der Waals surface area contributed by atoms with Gasteiger partial charge < -0.3 is 0 Å². The topological polar surface area (TPSA) is 17.1 Å². The molecular weight excluding hydrogens is 132 g/mol. The second kappa shape index (κ2) is 1.94. The predicted molar refractivity (Wildman–Crippen MR) is 38.8 cm³/mol. The monoisotopic (exact) mass is 142 g/mol. The molecule has 0 spiro atoms. The third-order valence-electron chi connectivity index (χ3n) is 2.13. The summed E-state index contributed by atoms with van der Waals surface area (Å²) in [4.78, 5) is 0. The SMILES string of the molecule is O=S1CC2=C(CCC2)C1. The van der Waals surface area contributed by atoms with Crippen LogP contribution < -0.4 is 0 Å². The zero-order chi connectivity index (χ0) is 6.27. The van der Waals surface area contributed by atoms with Gasteiger partial charge in [0.2, 0.25) is 0 Å². The lowest BCUT2D eigenvalue weighted by Gasteiger charge is -1.92. The van der Waals surface area contributed by atoms with Crippen molar-refractivity contribution < 1.29 is 4.21 Å². The first-order chi connectivity index (χ1) is 4.36. The molecule has 0 unspecified atom stereocenters. The van der Waals surface area contributed by atoms with Gasteiger partial charge in [-0.05, 0) is 19.3 Å².